The van der Waals surface area contributed by atoms with Crippen molar-refractivity contribution in [1.29, 1.82) is 0 Å². The monoisotopic (exact) mass is 528 g/mol. The molecule has 5 aromatic rings. The molecule has 0 aliphatic carbocycles. The summed E-state index contributed by atoms with van der Waals surface area (Å²) in [4.78, 5) is 23.1. The van der Waals surface area contributed by atoms with Gasteiger partial charge in [0.15, 0.2) is 0 Å². The molecule has 40 heavy (non-hydrogen) atoms. The van der Waals surface area contributed by atoms with Gasteiger partial charge < -0.3 is 9.80 Å². The predicted molar refractivity (Wildman–Crippen MR) is 163 cm³/mol. The van der Waals surface area contributed by atoms with Gasteiger partial charge in [-0.2, -0.15) is 0 Å². The van der Waals surface area contributed by atoms with Crippen molar-refractivity contribution >= 4 is 11.4 Å². The summed E-state index contributed by atoms with van der Waals surface area (Å²) in [6.45, 7) is 3.54. The Morgan fingerprint density at radius 2 is 0.700 bits per heavy atom. The molecule has 0 fully saturated rings. The van der Waals surface area contributed by atoms with Crippen LogP contribution >= 0.6 is 0 Å². The number of hydrogen-bond acceptors (Lipinski definition) is 6. The van der Waals surface area contributed by atoms with Gasteiger partial charge in [0.1, 0.15) is 0 Å². The van der Waals surface area contributed by atoms with Crippen molar-refractivity contribution in [3.05, 3.63) is 145 Å². The smallest absolute Gasteiger partial charge is 0.0421 e. The Morgan fingerprint density at radius 3 is 0.975 bits per heavy atom. The summed E-state index contributed by atoms with van der Waals surface area (Å²) in [6, 6.07) is 33.4. The summed E-state index contributed by atoms with van der Waals surface area (Å²) in [5, 5.41) is 0. The topological polar surface area (TPSA) is 58.0 Å². The average molecular weight is 529 g/mol. The van der Waals surface area contributed by atoms with Crippen LogP contribution in [-0.4, -0.2) is 46.1 Å². The Labute approximate surface area is 237 Å². The van der Waals surface area contributed by atoms with Gasteiger partial charge >= 0.3 is 0 Å². The van der Waals surface area contributed by atoms with Crippen molar-refractivity contribution in [2.24, 2.45) is 0 Å². The lowest BCUT2D eigenvalue weighted by molar-refractivity contribution is 0.742. The molecule has 5 rings (SSSR count). The van der Waals surface area contributed by atoms with Gasteiger partial charge in [0.05, 0.1) is 0 Å². The summed E-state index contributed by atoms with van der Waals surface area (Å²) < 4.78 is 0. The molecule has 1 aromatic carbocycles. The molecule has 0 bridgehead atoms. The summed E-state index contributed by atoms with van der Waals surface area (Å²) in [7, 11) is 0. The van der Waals surface area contributed by atoms with Gasteiger partial charge in [0.2, 0.25) is 0 Å². The van der Waals surface area contributed by atoms with Crippen LogP contribution in [0, 0.1) is 0 Å². The van der Waals surface area contributed by atoms with Gasteiger partial charge in [-0.15, -0.1) is 0 Å². The van der Waals surface area contributed by atoms with E-state index in [9.17, 15) is 0 Å². The molecule has 0 aliphatic heterocycles. The van der Waals surface area contributed by atoms with Crippen molar-refractivity contribution < 1.29 is 0 Å². The van der Waals surface area contributed by atoms with Crippen LogP contribution in [0.25, 0.3) is 0 Å². The van der Waals surface area contributed by atoms with E-state index in [4.69, 9.17) is 0 Å². The summed E-state index contributed by atoms with van der Waals surface area (Å²) >= 11 is 0. The lowest BCUT2D eigenvalue weighted by atomic mass is 10.1. The van der Waals surface area contributed by atoms with Gasteiger partial charge in [-0.3, -0.25) is 19.9 Å². The Bertz CT molecular complexity index is 1200. The number of aromatic nitrogens is 4. The third-order valence-electron chi connectivity index (χ3n) is 7.02. The molecule has 6 nitrogen and oxygen atoms in total. The minimum Gasteiger partial charge on any atom is -0.371 e. The standard InChI is InChI=1S/C34H36N6/c1-5-20-35-29(10-1)16-24-39(25-17-30-11-2-6-21-36-30)33-14-9-15-34(28-33)40(26-18-31-12-3-7-22-37-31)27-19-32-13-4-8-23-38-32/h1-15,20-23,28H,16-19,24-27H2. The first kappa shape index (κ1) is 27.0. The second-order valence-electron chi connectivity index (χ2n) is 9.78. The van der Waals surface area contributed by atoms with E-state index in [1.165, 1.54) is 11.4 Å². The molecule has 0 unspecified atom stereocenters. The highest BCUT2D eigenvalue weighted by Gasteiger charge is 2.13. The highest BCUT2D eigenvalue weighted by Crippen LogP contribution is 2.24. The van der Waals surface area contributed by atoms with Crippen molar-refractivity contribution in [2.75, 3.05) is 36.0 Å². The van der Waals surface area contributed by atoms with E-state index in [1.807, 2.05) is 49.1 Å². The number of benzene rings is 1. The molecule has 0 spiro atoms. The highest BCUT2D eigenvalue weighted by molar-refractivity contribution is 5.59. The molecule has 0 N–H and O–H groups in total. The molecule has 0 atom stereocenters. The second-order valence-corrected chi connectivity index (χ2v) is 9.78. The second kappa shape index (κ2) is 14.5. The maximum atomic E-state index is 4.56. The van der Waals surface area contributed by atoms with E-state index in [-0.39, 0.29) is 0 Å². The molecule has 0 saturated carbocycles. The van der Waals surface area contributed by atoms with Crippen LogP contribution in [0.3, 0.4) is 0 Å². The van der Waals surface area contributed by atoms with Crippen LogP contribution in [0.2, 0.25) is 0 Å². The van der Waals surface area contributed by atoms with Crippen LogP contribution in [0.15, 0.2) is 122 Å². The summed E-state index contributed by atoms with van der Waals surface area (Å²) in [6.07, 6.45) is 11.0. The van der Waals surface area contributed by atoms with Gasteiger partial charge in [-0.05, 0) is 66.7 Å². The Balaban J connectivity index is 1.36. The fraction of sp³-hybridized carbons (Fsp3) is 0.235. The number of anilines is 2. The molecule has 0 amide bonds. The Hall–Kier alpha value is -4.58. The van der Waals surface area contributed by atoms with Crippen molar-refractivity contribution in [2.45, 2.75) is 25.7 Å². The SMILES string of the molecule is c1ccc(CCN(CCc2ccccn2)c2cccc(N(CCc3ccccn3)CCc3ccccn3)c2)nc1. The van der Waals surface area contributed by atoms with Crippen LogP contribution in [0.4, 0.5) is 11.4 Å². The van der Waals surface area contributed by atoms with Gasteiger partial charge in [-0.25, -0.2) is 0 Å². The first-order chi connectivity index (χ1) is 19.8. The Kier molecular flexibility index (Phi) is 9.82. The van der Waals surface area contributed by atoms with Crippen LogP contribution < -0.4 is 9.80 Å². The predicted octanol–water partition coefficient (Wildman–Crippen LogP) is 5.85. The van der Waals surface area contributed by atoms with E-state index in [0.717, 1.165) is 74.6 Å². The quantitative estimate of drug-likeness (QED) is 0.180. The molecular weight excluding hydrogens is 492 g/mol. The molecule has 4 heterocycles. The molecule has 0 radical (unpaired) electrons. The normalized spacial score (nSPS) is 10.8. The highest BCUT2D eigenvalue weighted by atomic mass is 15.1. The van der Waals surface area contributed by atoms with E-state index in [0.29, 0.717) is 0 Å². The molecular formula is C34H36N6. The summed E-state index contributed by atoms with van der Waals surface area (Å²) in [5.74, 6) is 0. The lowest BCUT2D eigenvalue weighted by Gasteiger charge is -2.29. The zero-order valence-corrected chi connectivity index (χ0v) is 22.9. The van der Waals surface area contributed by atoms with Gasteiger partial charge in [0.25, 0.3) is 0 Å². The number of pyridine rings is 4. The maximum Gasteiger partial charge on any atom is 0.0421 e. The maximum absolute atomic E-state index is 4.56. The average Bonchev–Trinajstić information content (AvgIpc) is 3.03. The number of hydrogen-bond donors (Lipinski definition) is 0. The lowest BCUT2D eigenvalue weighted by Crippen LogP contribution is -2.31. The largest absolute Gasteiger partial charge is 0.371 e. The van der Waals surface area contributed by atoms with Crippen LogP contribution in [-0.2, 0) is 25.7 Å². The first-order valence-electron chi connectivity index (χ1n) is 14.0. The van der Waals surface area contributed by atoms with Crippen LogP contribution in [0.5, 0.6) is 0 Å². The summed E-state index contributed by atoms with van der Waals surface area (Å²) in [5.41, 5.74) is 6.85. The van der Waals surface area contributed by atoms with Crippen molar-refractivity contribution in [1.82, 2.24) is 19.9 Å². The van der Waals surface area contributed by atoms with Crippen LogP contribution in [0.1, 0.15) is 22.8 Å². The minimum atomic E-state index is 0.884. The third kappa shape index (κ3) is 8.21. The van der Waals surface area contributed by atoms with E-state index >= 15 is 0 Å². The molecule has 4 aromatic heterocycles. The third-order valence-corrected chi connectivity index (χ3v) is 7.02. The van der Waals surface area contributed by atoms with E-state index in [2.05, 4.69) is 103 Å². The van der Waals surface area contributed by atoms with Gasteiger partial charge in [0, 0.05) is 111 Å². The zero-order chi connectivity index (χ0) is 27.2. The molecule has 0 aliphatic rings. The molecule has 6 heteroatoms. The fourth-order valence-electron chi connectivity index (χ4n) is 4.81. The molecule has 0 saturated heterocycles. The zero-order valence-electron chi connectivity index (χ0n) is 22.9. The van der Waals surface area contributed by atoms with Crippen molar-refractivity contribution in [3.8, 4) is 0 Å². The van der Waals surface area contributed by atoms with E-state index in [1.54, 1.807) is 0 Å². The number of rotatable bonds is 14. The first-order valence-corrected chi connectivity index (χ1v) is 14.0. The minimum absolute atomic E-state index is 0.884. The van der Waals surface area contributed by atoms with Gasteiger partial charge in [-0.1, -0.05) is 30.3 Å². The Morgan fingerprint density at radius 1 is 0.375 bits per heavy atom. The van der Waals surface area contributed by atoms with E-state index < -0.39 is 0 Å². The van der Waals surface area contributed by atoms with Crippen molar-refractivity contribution in [3.63, 3.8) is 0 Å². The number of nitrogens with zero attached hydrogens (tertiary/aromatic N) is 6. The molecule has 202 valence electrons. The fourth-order valence-corrected chi connectivity index (χ4v) is 4.81.